The predicted molar refractivity (Wildman–Crippen MR) is 83.4 cm³/mol. The van der Waals surface area contributed by atoms with Crippen LogP contribution < -0.4 is 10.2 Å². The minimum Gasteiger partial charge on any atom is -0.366 e. The van der Waals surface area contributed by atoms with Crippen LogP contribution in [0.1, 0.15) is 30.5 Å². The first-order valence-corrected chi connectivity index (χ1v) is 7.52. The van der Waals surface area contributed by atoms with Crippen molar-refractivity contribution < 1.29 is 0 Å². The van der Waals surface area contributed by atoms with Crippen molar-refractivity contribution in [2.75, 3.05) is 23.3 Å². The third-order valence-corrected chi connectivity index (χ3v) is 4.13. The van der Waals surface area contributed by atoms with Gasteiger partial charge in [-0.2, -0.15) is 5.10 Å². The monoisotopic (exact) mass is 286 g/mol. The maximum absolute atomic E-state index is 4.40. The molecule has 112 valence electrons. The highest BCUT2D eigenvalue weighted by molar-refractivity contribution is 5.48. The molecule has 6 heteroatoms. The second-order valence-corrected chi connectivity index (χ2v) is 5.54. The molecule has 1 saturated heterocycles. The van der Waals surface area contributed by atoms with E-state index in [0.29, 0.717) is 0 Å². The van der Waals surface area contributed by atoms with Gasteiger partial charge >= 0.3 is 0 Å². The van der Waals surface area contributed by atoms with Crippen molar-refractivity contribution in [3.63, 3.8) is 0 Å². The summed E-state index contributed by atoms with van der Waals surface area (Å²) in [6.07, 6.45) is 7.37. The third-order valence-electron chi connectivity index (χ3n) is 4.13. The molecule has 0 atom stereocenters. The highest BCUT2D eigenvalue weighted by atomic mass is 15.3. The first-order valence-electron chi connectivity index (χ1n) is 7.52. The fourth-order valence-electron chi connectivity index (χ4n) is 2.64. The lowest BCUT2D eigenvalue weighted by Crippen LogP contribution is -2.30. The summed E-state index contributed by atoms with van der Waals surface area (Å²) in [7, 11) is 1.96. The molecule has 21 heavy (non-hydrogen) atoms. The van der Waals surface area contributed by atoms with Gasteiger partial charge in [-0.05, 0) is 26.2 Å². The molecule has 3 heterocycles. The lowest BCUT2D eigenvalue weighted by Gasteiger charge is -2.27. The summed E-state index contributed by atoms with van der Waals surface area (Å²) in [5, 5.41) is 7.62. The van der Waals surface area contributed by atoms with E-state index in [4.69, 9.17) is 0 Å². The molecule has 0 spiro atoms. The quantitative estimate of drug-likeness (QED) is 0.933. The number of aryl methyl sites for hydroxylation is 1. The maximum atomic E-state index is 4.40. The zero-order chi connectivity index (χ0) is 14.7. The first-order chi connectivity index (χ1) is 10.2. The molecule has 0 amide bonds. The first kappa shape index (κ1) is 13.9. The zero-order valence-electron chi connectivity index (χ0n) is 12.7. The Balaban J connectivity index is 1.67. The largest absolute Gasteiger partial charge is 0.366 e. The molecule has 2 aromatic rings. The number of anilines is 2. The topological polar surface area (TPSA) is 58.9 Å². The molecule has 1 fully saturated rings. The molecule has 2 aromatic heterocycles. The summed E-state index contributed by atoms with van der Waals surface area (Å²) in [5.74, 6) is 1.89. The molecule has 0 aromatic carbocycles. The van der Waals surface area contributed by atoms with Crippen LogP contribution >= 0.6 is 0 Å². The summed E-state index contributed by atoms with van der Waals surface area (Å²) >= 11 is 0. The highest BCUT2D eigenvalue weighted by Gasteiger charge is 2.12. The SMILES string of the molecule is Cc1c(CNc2cc(N3CCCCC3)ncn2)cnn1C. The Morgan fingerprint density at radius 3 is 2.71 bits per heavy atom. The van der Waals surface area contributed by atoms with Crippen LogP contribution in [0.2, 0.25) is 0 Å². The van der Waals surface area contributed by atoms with Crippen LogP contribution in [-0.4, -0.2) is 32.8 Å². The van der Waals surface area contributed by atoms with Crippen LogP contribution in [0.4, 0.5) is 11.6 Å². The van der Waals surface area contributed by atoms with E-state index >= 15 is 0 Å². The van der Waals surface area contributed by atoms with Crippen LogP contribution in [0, 0.1) is 6.92 Å². The minimum atomic E-state index is 0.732. The van der Waals surface area contributed by atoms with Gasteiger partial charge < -0.3 is 10.2 Å². The standard InChI is InChI=1S/C15H22N6/c1-12-13(10-19-20(12)2)9-16-14-8-15(18-11-17-14)21-6-4-3-5-7-21/h8,10-11H,3-7,9H2,1-2H3,(H,16,17,18). The molecular weight excluding hydrogens is 264 g/mol. The Hall–Kier alpha value is -2.11. The van der Waals surface area contributed by atoms with E-state index in [1.165, 1.54) is 30.5 Å². The van der Waals surface area contributed by atoms with Gasteiger partial charge in [0.2, 0.25) is 0 Å². The molecule has 0 bridgehead atoms. The van der Waals surface area contributed by atoms with Crippen LogP contribution in [0.15, 0.2) is 18.6 Å². The molecule has 6 nitrogen and oxygen atoms in total. The molecule has 0 saturated carbocycles. The summed E-state index contributed by atoms with van der Waals surface area (Å²) in [6.45, 7) is 5.00. The predicted octanol–water partition coefficient (Wildman–Crippen LogP) is 2.12. The zero-order valence-corrected chi connectivity index (χ0v) is 12.7. The summed E-state index contributed by atoms with van der Waals surface area (Å²) < 4.78 is 1.89. The number of aromatic nitrogens is 4. The van der Waals surface area contributed by atoms with Crippen molar-refractivity contribution in [3.8, 4) is 0 Å². The van der Waals surface area contributed by atoms with Crippen LogP contribution in [-0.2, 0) is 13.6 Å². The van der Waals surface area contributed by atoms with Gasteiger partial charge in [-0.25, -0.2) is 9.97 Å². The molecule has 0 aliphatic carbocycles. The fourth-order valence-corrected chi connectivity index (χ4v) is 2.64. The van der Waals surface area contributed by atoms with E-state index in [0.717, 1.165) is 31.3 Å². The smallest absolute Gasteiger partial charge is 0.134 e. The molecule has 1 N–H and O–H groups in total. The second-order valence-electron chi connectivity index (χ2n) is 5.54. The van der Waals surface area contributed by atoms with E-state index in [1.807, 2.05) is 24.0 Å². The molecule has 0 radical (unpaired) electrons. The van der Waals surface area contributed by atoms with E-state index < -0.39 is 0 Å². The van der Waals surface area contributed by atoms with Gasteiger partial charge in [-0.15, -0.1) is 0 Å². The number of nitrogens with one attached hydrogen (secondary N) is 1. The summed E-state index contributed by atoms with van der Waals surface area (Å²) in [6, 6.07) is 2.04. The Morgan fingerprint density at radius 2 is 2.00 bits per heavy atom. The third kappa shape index (κ3) is 3.15. The van der Waals surface area contributed by atoms with Gasteiger partial charge in [0.05, 0.1) is 6.20 Å². The lowest BCUT2D eigenvalue weighted by molar-refractivity contribution is 0.573. The number of hydrogen-bond acceptors (Lipinski definition) is 5. The van der Waals surface area contributed by atoms with Crippen molar-refractivity contribution in [2.45, 2.75) is 32.7 Å². The van der Waals surface area contributed by atoms with Gasteiger partial charge in [0, 0.05) is 44.0 Å². The van der Waals surface area contributed by atoms with E-state index in [-0.39, 0.29) is 0 Å². The highest BCUT2D eigenvalue weighted by Crippen LogP contribution is 2.19. The van der Waals surface area contributed by atoms with Crippen LogP contribution in [0.5, 0.6) is 0 Å². The van der Waals surface area contributed by atoms with Crippen LogP contribution in [0.3, 0.4) is 0 Å². The number of piperidine rings is 1. The van der Waals surface area contributed by atoms with Gasteiger partial charge in [0.15, 0.2) is 0 Å². The minimum absolute atomic E-state index is 0.732. The van der Waals surface area contributed by atoms with E-state index in [9.17, 15) is 0 Å². The Kier molecular flexibility index (Phi) is 4.03. The Labute approximate surface area is 125 Å². The molecule has 0 unspecified atom stereocenters. The molecule has 1 aliphatic heterocycles. The van der Waals surface area contributed by atoms with Crippen LogP contribution in [0.25, 0.3) is 0 Å². The average Bonchev–Trinajstić information content (AvgIpc) is 2.86. The average molecular weight is 286 g/mol. The molecular formula is C15H22N6. The number of hydrogen-bond donors (Lipinski definition) is 1. The van der Waals surface area contributed by atoms with Crippen molar-refractivity contribution >= 4 is 11.6 Å². The lowest BCUT2D eigenvalue weighted by atomic mass is 10.1. The van der Waals surface area contributed by atoms with Gasteiger partial charge in [-0.3, -0.25) is 4.68 Å². The summed E-state index contributed by atoms with van der Waals surface area (Å²) in [5.41, 5.74) is 2.36. The maximum Gasteiger partial charge on any atom is 0.134 e. The van der Waals surface area contributed by atoms with Crippen molar-refractivity contribution in [2.24, 2.45) is 7.05 Å². The van der Waals surface area contributed by atoms with Gasteiger partial charge in [0.25, 0.3) is 0 Å². The second kappa shape index (κ2) is 6.11. The van der Waals surface area contributed by atoms with Gasteiger partial charge in [0.1, 0.15) is 18.0 Å². The number of nitrogens with zero attached hydrogens (tertiary/aromatic N) is 5. The normalized spacial score (nSPS) is 15.2. The van der Waals surface area contributed by atoms with E-state index in [2.05, 4.69) is 32.2 Å². The van der Waals surface area contributed by atoms with Gasteiger partial charge in [-0.1, -0.05) is 0 Å². The Bertz CT molecular complexity index is 600. The van der Waals surface area contributed by atoms with E-state index in [1.54, 1.807) is 6.33 Å². The molecule has 1 aliphatic rings. The van der Waals surface area contributed by atoms with Crippen molar-refractivity contribution in [3.05, 3.63) is 29.8 Å². The number of rotatable bonds is 4. The fraction of sp³-hybridized carbons (Fsp3) is 0.533. The summed E-state index contributed by atoms with van der Waals surface area (Å²) in [4.78, 5) is 11.0. The molecule has 3 rings (SSSR count). The van der Waals surface area contributed by atoms with Crippen molar-refractivity contribution in [1.29, 1.82) is 0 Å². The van der Waals surface area contributed by atoms with Crippen molar-refractivity contribution in [1.82, 2.24) is 19.7 Å². The Morgan fingerprint density at radius 1 is 1.19 bits per heavy atom.